The van der Waals surface area contributed by atoms with Gasteiger partial charge in [0.2, 0.25) is 6.08 Å². The number of phenols is 1. The van der Waals surface area contributed by atoms with Gasteiger partial charge in [-0.15, -0.1) is 6.58 Å². The molecule has 66 valence electrons. The lowest BCUT2D eigenvalue weighted by atomic mass is 10.1. The highest BCUT2D eigenvalue weighted by atomic mass is 16.3. The van der Waals surface area contributed by atoms with E-state index in [4.69, 9.17) is 0 Å². The minimum Gasteiger partial charge on any atom is -0.508 e. The number of phenolic OH excluding ortho intramolecular Hbond substituents is 1. The lowest BCUT2D eigenvalue weighted by molar-refractivity contribution is 0.470. The summed E-state index contributed by atoms with van der Waals surface area (Å²) in [5, 5.41) is 9.41. The predicted octanol–water partition coefficient (Wildman–Crippen LogP) is 2.09. The molecule has 0 aliphatic rings. The van der Waals surface area contributed by atoms with Crippen LogP contribution in [0.2, 0.25) is 0 Å². The number of hydrogen-bond donors (Lipinski definition) is 1. The van der Waals surface area contributed by atoms with Crippen LogP contribution in [0.5, 0.6) is 5.75 Å². The van der Waals surface area contributed by atoms with E-state index in [2.05, 4.69) is 11.6 Å². The SMILES string of the molecule is C=CCc1c(O)cccc1N=C=O. The third kappa shape index (κ3) is 2.04. The van der Waals surface area contributed by atoms with Gasteiger partial charge in [-0.2, -0.15) is 4.99 Å². The average molecular weight is 175 g/mol. The Morgan fingerprint density at radius 1 is 1.62 bits per heavy atom. The first-order chi connectivity index (χ1) is 6.29. The Hall–Kier alpha value is -1.86. The van der Waals surface area contributed by atoms with E-state index in [-0.39, 0.29) is 5.75 Å². The minimum atomic E-state index is 0.122. The summed E-state index contributed by atoms with van der Waals surface area (Å²) in [4.78, 5) is 13.5. The Morgan fingerprint density at radius 2 is 2.38 bits per heavy atom. The van der Waals surface area contributed by atoms with E-state index in [0.717, 1.165) is 0 Å². The summed E-state index contributed by atoms with van der Waals surface area (Å²) in [7, 11) is 0. The molecule has 1 rings (SSSR count). The van der Waals surface area contributed by atoms with Crippen molar-refractivity contribution in [1.82, 2.24) is 0 Å². The van der Waals surface area contributed by atoms with Crippen LogP contribution in [0.4, 0.5) is 5.69 Å². The number of nitrogens with zero attached hydrogens (tertiary/aromatic N) is 1. The van der Waals surface area contributed by atoms with Crippen molar-refractivity contribution in [3.8, 4) is 5.75 Å². The smallest absolute Gasteiger partial charge is 0.240 e. The number of aliphatic imine (C=N–C) groups is 1. The Bertz CT molecular complexity index is 365. The van der Waals surface area contributed by atoms with Crippen LogP contribution in [0.1, 0.15) is 5.56 Å². The van der Waals surface area contributed by atoms with Gasteiger partial charge in [0.05, 0.1) is 5.69 Å². The first kappa shape index (κ1) is 9.23. The molecule has 0 bridgehead atoms. The molecule has 0 aliphatic heterocycles. The normalized spacial score (nSPS) is 8.92. The molecule has 0 amide bonds. The van der Waals surface area contributed by atoms with Crippen LogP contribution in [-0.2, 0) is 11.2 Å². The molecule has 13 heavy (non-hydrogen) atoms. The number of benzene rings is 1. The lowest BCUT2D eigenvalue weighted by Gasteiger charge is -2.03. The van der Waals surface area contributed by atoms with E-state index in [1.54, 1.807) is 24.3 Å². The summed E-state index contributed by atoms with van der Waals surface area (Å²) in [5.41, 5.74) is 1.04. The Balaban J connectivity index is 3.23. The van der Waals surface area contributed by atoms with Crippen LogP contribution < -0.4 is 0 Å². The zero-order valence-electron chi connectivity index (χ0n) is 7.03. The molecule has 0 spiro atoms. The molecule has 1 aromatic carbocycles. The first-order valence-corrected chi connectivity index (χ1v) is 3.79. The van der Waals surface area contributed by atoms with Gasteiger partial charge in [0.15, 0.2) is 0 Å². The quantitative estimate of drug-likeness (QED) is 0.434. The van der Waals surface area contributed by atoms with E-state index in [1.165, 1.54) is 6.08 Å². The van der Waals surface area contributed by atoms with Crippen molar-refractivity contribution in [1.29, 1.82) is 0 Å². The molecule has 0 saturated heterocycles. The fraction of sp³-hybridized carbons (Fsp3) is 0.100. The van der Waals surface area contributed by atoms with Crippen molar-refractivity contribution < 1.29 is 9.90 Å². The number of isocyanates is 1. The maximum Gasteiger partial charge on any atom is 0.240 e. The Labute approximate surface area is 76.1 Å². The second kappa shape index (κ2) is 4.24. The largest absolute Gasteiger partial charge is 0.508 e. The van der Waals surface area contributed by atoms with Crippen LogP contribution in [0, 0.1) is 0 Å². The van der Waals surface area contributed by atoms with Gasteiger partial charge < -0.3 is 5.11 Å². The minimum absolute atomic E-state index is 0.122. The molecule has 0 atom stereocenters. The first-order valence-electron chi connectivity index (χ1n) is 3.79. The molecule has 0 aromatic heterocycles. The van der Waals surface area contributed by atoms with Crippen LogP contribution in [-0.4, -0.2) is 11.2 Å². The van der Waals surface area contributed by atoms with E-state index in [1.807, 2.05) is 0 Å². The molecule has 0 radical (unpaired) electrons. The van der Waals surface area contributed by atoms with Crippen LogP contribution >= 0.6 is 0 Å². The van der Waals surface area contributed by atoms with Gasteiger partial charge in [-0.1, -0.05) is 12.1 Å². The van der Waals surface area contributed by atoms with E-state index in [9.17, 15) is 9.90 Å². The molecule has 3 nitrogen and oxygen atoms in total. The van der Waals surface area contributed by atoms with Crippen molar-refractivity contribution in [3.63, 3.8) is 0 Å². The van der Waals surface area contributed by atoms with Crippen LogP contribution in [0.3, 0.4) is 0 Å². The molecule has 0 unspecified atom stereocenters. The lowest BCUT2D eigenvalue weighted by Crippen LogP contribution is -1.82. The van der Waals surface area contributed by atoms with Gasteiger partial charge in [-0.05, 0) is 18.6 Å². The standard InChI is InChI=1S/C10H9NO2/c1-2-4-8-9(11-7-12)5-3-6-10(8)13/h2-3,5-6,13H,1,4H2. The third-order valence-electron chi connectivity index (χ3n) is 1.64. The highest BCUT2D eigenvalue weighted by Crippen LogP contribution is 2.27. The summed E-state index contributed by atoms with van der Waals surface area (Å²) in [6.45, 7) is 3.55. The van der Waals surface area contributed by atoms with Gasteiger partial charge in [0, 0.05) is 5.56 Å². The fourth-order valence-electron chi connectivity index (χ4n) is 1.07. The summed E-state index contributed by atoms with van der Waals surface area (Å²) >= 11 is 0. The fourth-order valence-corrected chi connectivity index (χ4v) is 1.07. The van der Waals surface area contributed by atoms with Crippen molar-refractivity contribution >= 4 is 11.8 Å². The van der Waals surface area contributed by atoms with Crippen LogP contribution in [0.15, 0.2) is 35.8 Å². The van der Waals surface area contributed by atoms with Gasteiger partial charge in [0.25, 0.3) is 0 Å². The highest BCUT2D eigenvalue weighted by molar-refractivity contribution is 5.58. The molecule has 1 aromatic rings. The second-order valence-corrected chi connectivity index (χ2v) is 2.47. The highest BCUT2D eigenvalue weighted by Gasteiger charge is 2.04. The number of aromatic hydroxyl groups is 1. The van der Waals surface area contributed by atoms with E-state index < -0.39 is 0 Å². The van der Waals surface area contributed by atoms with Gasteiger partial charge in [-0.25, -0.2) is 4.79 Å². The Kier molecular flexibility index (Phi) is 3.01. The summed E-state index contributed by atoms with van der Waals surface area (Å²) < 4.78 is 0. The average Bonchev–Trinajstić information content (AvgIpc) is 2.11. The second-order valence-electron chi connectivity index (χ2n) is 2.47. The summed E-state index contributed by atoms with van der Waals surface area (Å²) in [5.74, 6) is 0.122. The van der Waals surface area contributed by atoms with Gasteiger partial charge >= 0.3 is 0 Å². The maximum atomic E-state index is 10.0. The van der Waals surface area contributed by atoms with Gasteiger partial charge in [0.1, 0.15) is 5.75 Å². The van der Waals surface area contributed by atoms with E-state index in [0.29, 0.717) is 17.7 Å². The zero-order valence-corrected chi connectivity index (χ0v) is 7.03. The predicted molar refractivity (Wildman–Crippen MR) is 49.8 cm³/mol. The third-order valence-corrected chi connectivity index (χ3v) is 1.64. The zero-order chi connectivity index (χ0) is 9.68. The van der Waals surface area contributed by atoms with Crippen LogP contribution in [0.25, 0.3) is 0 Å². The van der Waals surface area contributed by atoms with Crippen molar-refractivity contribution in [3.05, 3.63) is 36.4 Å². The van der Waals surface area contributed by atoms with Gasteiger partial charge in [-0.3, -0.25) is 0 Å². The number of hydrogen-bond acceptors (Lipinski definition) is 3. The Morgan fingerprint density at radius 3 is 3.00 bits per heavy atom. The molecule has 3 heteroatoms. The van der Waals surface area contributed by atoms with Crippen molar-refractivity contribution in [2.75, 3.05) is 0 Å². The molecule has 0 aliphatic carbocycles. The van der Waals surface area contributed by atoms with Crippen molar-refractivity contribution in [2.45, 2.75) is 6.42 Å². The summed E-state index contributed by atoms with van der Waals surface area (Å²) in [6.07, 6.45) is 3.56. The van der Waals surface area contributed by atoms with Crippen molar-refractivity contribution in [2.24, 2.45) is 4.99 Å². The molecular weight excluding hydrogens is 166 g/mol. The summed E-state index contributed by atoms with van der Waals surface area (Å²) in [6, 6.07) is 4.81. The molecule has 0 saturated carbocycles. The maximum absolute atomic E-state index is 10.0. The molecule has 0 heterocycles. The number of carbonyl (C=O) groups excluding carboxylic acids is 1. The molecular formula is C10H9NO2. The molecule has 0 fully saturated rings. The number of allylic oxidation sites excluding steroid dienone is 1. The van der Waals surface area contributed by atoms with E-state index >= 15 is 0 Å². The molecule has 1 N–H and O–H groups in total. The number of rotatable bonds is 3. The topological polar surface area (TPSA) is 49.7 Å². The monoisotopic (exact) mass is 175 g/mol.